The van der Waals surface area contributed by atoms with E-state index in [1.165, 1.54) is 13.3 Å². The van der Waals surface area contributed by atoms with Crippen molar-refractivity contribution in [3.63, 3.8) is 0 Å². The molecule has 1 heterocycles. The number of guanidine groups is 1. The summed E-state index contributed by atoms with van der Waals surface area (Å²) in [5.74, 6) is -1.92. The van der Waals surface area contributed by atoms with Crippen molar-refractivity contribution >= 4 is 49.2 Å². The third-order valence-electron chi connectivity index (χ3n) is 9.01. The van der Waals surface area contributed by atoms with Crippen LogP contribution in [0.1, 0.15) is 51.8 Å². The predicted octanol–water partition coefficient (Wildman–Crippen LogP) is 1.88. The number of rotatable bonds is 20. The monoisotopic (exact) mass is 843 g/mol. The number of amides is 2. The van der Waals surface area contributed by atoms with Gasteiger partial charge in [0.15, 0.2) is 0 Å². The Balaban J connectivity index is 1.45. The fourth-order valence-electron chi connectivity index (χ4n) is 6.08. The third-order valence-corrected chi connectivity index (χ3v) is 12.9. The van der Waals surface area contributed by atoms with Crippen LogP contribution in [0.4, 0.5) is 0 Å². The molecule has 8 N–H and O–H groups in total. The van der Waals surface area contributed by atoms with Crippen LogP contribution >= 0.6 is 11.3 Å². The van der Waals surface area contributed by atoms with E-state index in [9.17, 15) is 36.6 Å². The second-order valence-corrected chi connectivity index (χ2v) is 17.6. The summed E-state index contributed by atoms with van der Waals surface area (Å²) in [4.78, 5) is 35.5. The normalized spacial score (nSPS) is 14.2. The summed E-state index contributed by atoms with van der Waals surface area (Å²) in [5, 5.41) is 28.5. The number of carbonyl (C=O) groups excluding carboxylic acids is 2. The van der Waals surface area contributed by atoms with Crippen LogP contribution in [-0.4, -0.2) is 88.2 Å². The number of aliphatic imine (C=N–C) groups is 1. The Kier molecular flexibility index (Phi) is 16.1. The number of carbonyl (C=O) groups is 2. The number of aliphatic hydroxyl groups is 2. The SMILES string of the molecule is COc1cc(C)c(S(=O)(=O)NC(N)=NCCC[C@H](NC(=O)[C@H](CO)NC(=O)[C@@H](Cc2ccccc2)NS(=O)(=O)Cc2ccccc2)C(O)c2nccs2)c(C)c1C. The van der Waals surface area contributed by atoms with E-state index in [-0.39, 0.29) is 41.7 Å². The molecule has 19 heteroatoms. The van der Waals surface area contributed by atoms with Crippen LogP contribution in [0.3, 0.4) is 0 Å². The van der Waals surface area contributed by atoms with E-state index in [2.05, 4.69) is 30.1 Å². The molecular formula is C38H49N7O9S3. The third kappa shape index (κ3) is 12.8. The number of sulfonamides is 2. The highest BCUT2D eigenvalue weighted by molar-refractivity contribution is 7.90. The first-order valence-corrected chi connectivity index (χ1v) is 21.9. The van der Waals surface area contributed by atoms with Crippen molar-refractivity contribution in [1.82, 2.24) is 25.1 Å². The molecule has 0 aliphatic carbocycles. The van der Waals surface area contributed by atoms with Crippen LogP contribution in [0.25, 0.3) is 0 Å². The Labute approximate surface area is 337 Å². The lowest BCUT2D eigenvalue weighted by Gasteiger charge is -2.26. The van der Waals surface area contributed by atoms with E-state index in [0.29, 0.717) is 33.6 Å². The highest BCUT2D eigenvalue weighted by Crippen LogP contribution is 2.30. The lowest BCUT2D eigenvalue weighted by atomic mass is 10.0. The van der Waals surface area contributed by atoms with Gasteiger partial charge in [0.1, 0.15) is 28.9 Å². The number of hydrogen-bond acceptors (Lipinski definition) is 12. The molecule has 4 rings (SSSR count). The van der Waals surface area contributed by atoms with Crippen LogP contribution in [0.5, 0.6) is 5.75 Å². The number of thiazole rings is 1. The summed E-state index contributed by atoms with van der Waals surface area (Å²) in [7, 11) is -6.66. The zero-order valence-electron chi connectivity index (χ0n) is 32.0. The van der Waals surface area contributed by atoms with Crippen LogP contribution in [0, 0.1) is 20.8 Å². The molecule has 4 atom stereocenters. The summed E-state index contributed by atoms with van der Waals surface area (Å²) in [6.45, 7) is 4.20. The summed E-state index contributed by atoms with van der Waals surface area (Å²) in [5.41, 5.74) is 8.74. The van der Waals surface area contributed by atoms with E-state index < -0.39 is 68.5 Å². The Morgan fingerprint density at radius 3 is 2.16 bits per heavy atom. The van der Waals surface area contributed by atoms with Gasteiger partial charge in [-0.25, -0.2) is 31.3 Å². The highest BCUT2D eigenvalue weighted by Gasteiger charge is 2.32. The van der Waals surface area contributed by atoms with Crippen LogP contribution in [0.15, 0.2) is 88.2 Å². The first-order valence-electron chi connectivity index (χ1n) is 17.9. The maximum absolute atomic E-state index is 13.6. The first kappa shape index (κ1) is 44.8. The highest BCUT2D eigenvalue weighted by atomic mass is 32.2. The summed E-state index contributed by atoms with van der Waals surface area (Å²) in [6, 6.07) is 14.9. The van der Waals surface area contributed by atoms with Crippen molar-refractivity contribution < 1.29 is 41.4 Å². The molecule has 16 nitrogen and oxygen atoms in total. The van der Waals surface area contributed by atoms with Gasteiger partial charge in [-0.2, -0.15) is 0 Å². The molecule has 1 aromatic heterocycles. The zero-order chi connectivity index (χ0) is 41.8. The van der Waals surface area contributed by atoms with E-state index in [0.717, 1.165) is 11.3 Å². The molecule has 0 saturated heterocycles. The second kappa shape index (κ2) is 20.5. The molecule has 0 radical (unpaired) electrons. The van der Waals surface area contributed by atoms with Crippen molar-refractivity contribution in [3.8, 4) is 5.75 Å². The molecule has 0 saturated carbocycles. The van der Waals surface area contributed by atoms with E-state index in [4.69, 9.17) is 10.5 Å². The molecule has 1 unspecified atom stereocenters. The molecular weight excluding hydrogens is 795 g/mol. The lowest BCUT2D eigenvalue weighted by Crippen LogP contribution is -2.57. The van der Waals surface area contributed by atoms with Crippen molar-refractivity contribution in [1.29, 1.82) is 0 Å². The smallest absolute Gasteiger partial charge is 0.264 e. The maximum atomic E-state index is 13.6. The summed E-state index contributed by atoms with van der Waals surface area (Å²) < 4.78 is 63.0. The van der Waals surface area contributed by atoms with Gasteiger partial charge in [-0.15, -0.1) is 11.3 Å². The van der Waals surface area contributed by atoms with Gasteiger partial charge in [0, 0.05) is 18.1 Å². The number of nitrogens with one attached hydrogen (secondary N) is 4. The fraction of sp³-hybridized carbons (Fsp3) is 0.368. The minimum atomic E-state index is -4.11. The number of aliphatic hydroxyl groups excluding tert-OH is 2. The van der Waals surface area contributed by atoms with E-state index in [1.54, 1.807) is 92.9 Å². The Bertz CT molecular complexity index is 2210. The molecule has 0 bridgehead atoms. The Hall–Kier alpha value is -4.92. The fourth-order valence-corrected chi connectivity index (χ4v) is 9.59. The number of nitrogens with two attached hydrogens (primary N) is 1. The zero-order valence-corrected chi connectivity index (χ0v) is 34.5. The average molecular weight is 844 g/mol. The minimum Gasteiger partial charge on any atom is -0.496 e. The number of methoxy groups -OCH3 is 1. The first-order chi connectivity index (χ1) is 27.0. The summed E-state index contributed by atoms with van der Waals surface area (Å²) in [6.07, 6.45) is 0.422. The van der Waals surface area contributed by atoms with Gasteiger partial charge in [0.25, 0.3) is 10.0 Å². The minimum absolute atomic E-state index is 0.00459. The Morgan fingerprint density at radius 1 is 0.930 bits per heavy atom. The molecule has 308 valence electrons. The van der Waals surface area contributed by atoms with Crippen LogP contribution < -0.4 is 30.5 Å². The van der Waals surface area contributed by atoms with Gasteiger partial charge >= 0.3 is 0 Å². The molecule has 57 heavy (non-hydrogen) atoms. The number of hydrogen-bond donors (Lipinski definition) is 7. The van der Waals surface area contributed by atoms with Gasteiger partial charge < -0.3 is 31.3 Å². The van der Waals surface area contributed by atoms with Gasteiger partial charge in [-0.05, 0) is 73.9 Å². The van der Waals surface area contributed by atoms with Gasteiger partial charge in [0.05, 0.1) is 30.4 Å². The van der Waals surface area contributed by atoms with Crippen molar-refractivity contribution in [3.05, 3.63) is 111 Å². The number of aromatic nitrogens is 1. The Morgan fingerprint density at radius 2 is 1.56 bits per heavy atom. The largest absolute Gasteiger partial charge is 0.496 e. The summed E-state index contributed by atoms with van der Waals surface area (Å²) >= 11 is 1.15. The van der Waals surface area contributed by atoms with Crippen LogP contribution in [-0.2, 0) is 41.8 Å². The molecule has 0 aliphatic heterocycles. The molecule has 0 fully saturated rings. The molecule has 4 aromatic rings. The number of aryl methyl sites for hydroxylation is 1. The average Bonchev–Trinajstić information content (AvgIpc) is 3.71. The number of ether oxygens (including phenoxy) is 1. The predicted molar refractivity (Wildman–Crippen MR) is 217 cm³/mol. The van der Waals surface area contributed by atoms with Crippen molar-refractivity contribution in [2.24, 2.45) is 10.7 Å². The molecule has 2 amide bonds. The van der Waals surface area contributed by atoms with Crippen molar-refractivity contribution in [2.75, 3.05) is 20.3 Å². The van der Waals surface area contributed by atoms with E-state index in [1.807, 2.05) is 0 Å². The van der Waals surface area contributed by atoms with Gasteiger partial charge in [0.2, 0.25) is 27.8 Å². The van der Waals surface area contributed by atoms with Crippen molar-refractivity contribution in [2.45, 2.75) is 74.9 Å². The quantitative estimate of drug-likeness (QED) is 0.0384. The van der Waals surface area contributed by atoms with E-state index >= 15 is 0 Å². The standard InChI is InChI=1S/C38H49N7O9S3/c1-24-20-32(54-4)25(2)26(3)34(24)57(52,53)45-38(39)41-17-11-16-29(33(47)37-40-18-19-55-37)42-36(49)31(22-46)43-35(48)30(21-27-12-7-5-8-13-27)44-56(50,51)23-28-14-9-6-10-15-28/h5-10,12-15,18-20,29-31,33,44,46-47H,11,16-17,21-23H2,1-4H3,(H,42,49)(H,43,48)(H3,39,41,45)/t29-,30+,31-,33?/m0/s1. The topological polar surface area (TPSA) is 251 Å². The number of nitrogens with zero attached hydrogens (tertiary/aromatic N) is 2. The molecule has 0 spiro atoms. The van der Waals surface area contributed by atoms with Gasteiger partial charge in [-0.3, -0.25) is 14.6 Å². The van der Waals surface area contributed by atoms with Crippen LogP contribution in [0.2, 0.25) is 0 Å². The maximum Gasteiger partial charge on any atom is 0.264 e. The molecule has 3 aromatic carbocycles. The van der Waals surface area contributed by atoms with Gasteiger partial charge in [-0.1, -0.05) is 60.7 Å². The molecule has 0 aliphatic rings. The lowest BCUT2D eigenvalue weighted by molar-refractivity contribution is -0.131. The second-order valence-electron chi connectivity index (χ2n) is 13.3. The number of benzene rings is 3.